The van der Waals surface area contributed by atoms with Crippen LogP contribution in [-0.2, 0) is 26.1 Å². The topological polar surface area (TPSA) is 66.9 Å². The van der Waals surface area contributed by atoms with E-state index in [1.54, 1.807) is 4.90 Å². The fourth-order valence-corrected chi connectivity index (χ4v) is 2.88. The zero-order valence-corrected chi connectivity index (χ0v) is 13.2. The number of carbonyl (C=O) groups is 1. The lowest BCUT2D eigenvalue weighted by Crippen LogP contribution is -2.46. The number of hydrogen-bond acceptors (Lipinski definition) is 4. The fraction of sp³-hybridized carbons (Fsp3) is 0.500. The Labute approximate surface area is 129 Å². The van der Waals surface area contributed by atoms with Gasteiger partial charge in [0.1, 0.15) is 5.82 Å². The fourth-order valence-electron chi connectivity index (χ4n) is 2.15. The molecular formula is C14H19FN2O4S. The maximum Gasteiger partial charge on any atom is 0.238 e. The maximum atomic E-state index is 12.9. The molecule has 0 atom stereocenters. The van der Waals surface area contributed by atoms with Gasteiger partial charge in [-0.3, -0.25) is 4.79 Å². The lowest BCUT2D eigenvalue weighted by Gasteiger charge is -2.29. The van der Waals surface area contributed by atoms with E-state index in [0.29, 0.717) is 31.9 Å². The van der Waals surface area contributed by atoms with E-state index >= 15 is 0 Å². The molecular weight excluding hydrogens is 311 g/mol. The summed E-state index contributed by atoms with van der Waals surface area (Å²) < 4.78 is 42.9. The Morgan fingerprint density at radius 3 is 2.41 bits per heavy atom. The number of nitrogens with zero attached hydrogens (tertiary/aromatic N) is 2. The predicted octanol–water partition coefficient (Wildman–Crippen LogP) is 0.446. The lowest BCUT2D eigenvalue weighted by atomic mass is 10.2. The normalized spacial score (nSPS) is 16.0. The first-order valence-corrected chi connectivity index (χ1v) is 8.76. The SMILES string of the molecule is CS(=O)(=O)N(CC(=O)N1CCOCC1)Cc1ccc(F)cc1. The van der Waals surface area contributed by atoms with E-state index in [0.717, 1.165) is 10.6 Å². The molecule has 0 saturated carbocycles. The highest BCUT2D eigenvalue weighted by Gasteiger charge is 2.24. The van der Waals surface area contributed by atoms with Crippen LogP contribution in [0.2, 0.25) is 0 Å². The summed E-state index contributed by atoms with van der Waals surface area (Å²) in [4.78, 5) is 13.8. The van der Waals surface area contributed by atoms with Crippen molar-refractivity contribution in [3.63, 3.8) is 0 Å². The third-order valence-electron chi connectivity index (χ3n) is 3.42. The minimum Gasteiger partial charge on any atom is -0.378 e. The van der Waals surface area contributed by atoms with Gasteiger partial charge in [-0.15, -0.1) is 0 Å². The molecule has 1 aromatic carbocycles. The maximum absolute atomic E-state index is 12.9. The van der Waals surface area contributed by atoms with Gasteiger partial charge in [-0.05, 0) is 17.7 Å². The summed E-state index contributed by atoms with van der Waals surface area (Å²) in [7, 11) is -3.55. The molecule has 1 aliphatic rings. The van der Waals surface area contributed by atoms with Crippen LogP contribution in [0.5, 0.6) is 0 Å². The third kappa shape index (κ3) is 4.75. The molecule has 1 amide bonds. The van der Waals surface area contributed by atoms with E-state index < -0.39 is 10.0 Å². The summed E-state index contributed by atoms with van der Waals surface area (Å²) in [5.41, 5.74) is 0.626. The highest BCUT2D eigenvalue weighted by atomic mass is 32.2. The average Bonchev–Trinajstić information content (AvgIpc) is 2.48. The molecule has 0 spiro atoms. The Bertz CT molecular complexity index is 612. The predicted molar refractivity (Wildman–Crippen MR) is 79.1 cm³/mol. The molecule has 2 rings (SSSR count). The van der Waals surface area contributed by atoms with E-state index in [1.807, 2.05) is 0 Å². The number of ether oxygens (including phenoxy) is 1. The van der Waals surface area contributed by atoms with Crippen LogP contribution >= 0.6 is 0 Å². The van der Waals surface area contributed by atoms with Crippen LogP contribution in [0.3, 0.4) is 0 Å². The smallest absolute Gasteiger partial charge is 0.238 e. The van der Waals surface area contributed by atoms with Gasteiger partial charge in [-0.25, -0.2) is 12.8 Å². The molecule has 6 nitrogen and oxygen atoms in total. The van der Waals surface area contributed by atoms with Gasteiger partial charge < -0.3 is 9.64 Å². The first kappa shape index (κ1) is 16.9. The minimum atomic E-state index is -3.55. The highest BCUT2D eigenvalue weighted by molar-refractivity contribution is 7.88. The van der Waals surface area contributed by atoms with Gasteiger partial charge in [0.05, 0.1) is 26.0 Å². The minimum absolute atomic E-state index is 0.0369. The van der Waals surface area contributed by atoms with Crippen molar-refractivity contribution in [1.29, 1.82) is 0 Å². The van der Waals surface area contributed by atoms with Crippen LogP contribution in [0.25, 0.3) is 0 Å². The number of hydrogen-bond donors (Lipinski definition) is 0. The quantitative estimate of drug-likeness (QED) is 0.786. The van der Waals surface area contributed by atoms with Crippen LogP contribution < -0.4 is 0 Å². The lowest BCUT2D eigenvalue weighted by molar-refractivity contribution is -0.135. The molecule has 122 valence electrons. The number of carbonyl (C=O) groups excluding carboxylic acids is 1. The van der Waals surface area contributed by atoms with Gasteiger partial charge >= 0.3 is 0 Å². The summed E-state index contributed by atoms with van der Waals surface area (Å²) >= 11 is 0. The first-order valence-electron chi connectivity index (χ1n) is 6.91. The number of sulfonamides is 1. The molecule has 0 aromatic heterocycles. The number of morpholine rings is 1. The Morgan fingerprint density at radius 2 is 1.86 bits per heavy atom. The van der Waals surface area contributed by atoms with E-state index in [2.05, 4.69) is 0 Å². The Hall–Kier alpha value is -1.51. The van der Waals surface area contributed by atoms with Crippen LogP contribution in [0.4, 0.5) is 4.39 Å². The molecule has 1 saturated heterocycles. The second-order valence-electron chi connectivity index (χ2n) is 5.15. The van der Waals surface area contributed by atoms with Crippen molar-refractivity contribution in [2.45, 2.75) is 6.54 Å². The van der Waals surface area contributed by atoms with Crippen molar-refractivity contribution < 1.29 is 22.3 Å². The number of amides is 1. The van der Waals surface area contributed by atoms with Gasteiger partial charge in [-0.1, -0.05) is 12.1 Å². The van der Waals surface area contributed by atoms with E-state index in [-0.39, 0.29) is 24.8 Å². The van der Waals surface area contributed by atoms with Crippen molar-refractivity contribution >= 4 is 15.9 Å². The second kappa shape index (κ2) is 7.17. The van der Waals surface area contributed by atoms with Crippen LogP contribution in [0.15, 0.2) is 24.3 Å². The second-order valence-corrected chi connectivity index (χ2v) is 7.13. The third-order valence-corrected chi connectivity index (χ3v) is 4.61. The van der Waals surface area contributed by atoms with E-state index in [9.17, 15) is 17.6 Å². The summed E-state index contributed by atoms with van der Waals surface area (Å²) in [5.74, 6) is -0.644. The first-order chi connectivity index (χ1) is 10.4. The molecule has 1 aliphatic heterocycles. The van der Waals surface area contributed by atoms with Crippen molar-refractivity contribution in [3.05, 3.63) is 35.6 Å². The number of halogens is 1. The van der Waals surface area contributed by atoms with Gasteiger partial charge in [0, 0.05) is 19.6 Å². The van der Waals surface area contributed by atoms with E-state index in [1.165, 1.54) is 24.3 Å². The Balaban J connectivity index is 2.06. The molecule has 1 fully saturated rings. The van der Waals surface area contributed by atoms with Crippen LogP contribution in [-0.4, -0.2) is 62.6 Å². The molecule has 0 bridgehead atoms. The largest absolute Gasteiger partial charge is 0.378 e. The van der Waals surface area contributed by atoms with Gasteiger partial charge in [-0.2, -0.15) is 4.31 Å². The highest BCUT2D eigenvalue weighted by Crippen LogP contribution is 2.11. The molecule has 0 N–H and O–H groups in total. The molecule has 1 aromatic rings. The Morgan fingerprint density at radius 1 is 1.27 bits per heavy atom. The summed E-state index contributed by atoms with van der Waals surface area (Å²) in [6.45, 7) is 1.66. The summed E-state index contributed by atoms with van der Waals surface area (Å²) in [5, 5.41) is 0. The van der Waals surface area contributed by atoms with E-state index in [4.69, 9.17) is 4.74 Å². The molecule has 0 unspecified atom stereocenters. The van der Waals surface area contributed by atoms with Crippen LogP contribution in [0.1, 0.15) is 5.56 Å². The zero-order chi connectivity index (χ0) is 16.2. The van der Waals surface area contributed by atoms with Crippen molar-refractivity contribution in [3.8, 4) is 0 Å². The molecule has 0 aliphatic carbocycles. The van der Waals surface area contributed by atoms with Crippen molar-refractivity contribution in [1.82, 2.24) is 9.21 Å². The van der Waals surface area contributed by atoms with Crippen molar-refractivity contribution in [2.24, 2.45) is 0 Å². The molecule has 8 heteroatoms. The van der Waals surface area contributed by atoms with Gasteiger partial charge in [0.2, 0.25) is 15.9 Å². The number of rotatable bonds is 5. The number of benzene rings is 1. The summed E-state index contributed by atoms with van der Waals surface area (Å²) in [6, 6.07) is 5.54. The molecule has 22 heavy (non-hydrogen) atoms. The monoisotopic (exact) mass is 330 g/mol. The Kier molecular flexibility index (Phi) is 5.49. The van der Waals surface area contributed by atoms with Crippen molar-refractivity contribution in [2.75, 3.05) is 39.1 Å². The standard InChI is InChI=1S/C14H19FN2O4S/c1-22(19,20)17(10-12-2-4-13(15)5-3-12)11-14(18)16-6-8-21-9-7-16/h2-5H,6-11H2,1H3. The van der Waals surface area contributed by atoms with Gasteiger partial charge in [0.25, 0.3) is 0 Å². The molecule has 0 radical (unpaired) electrons. The van der Waals surface area contributed by atoms with Gasteiger partial charge in [0.15, 0.2) is 0 Å². The zero-order valence-electron chi connectivity index (χ0n) is 12.4. The molecule has 1 heterocycles. The summed E-state index contributed by atoms with van der Waals surface area (Å²) in [6.07, 6.45) is 1.06. The van der Waals surface area contributed by atoms with Crippen LogP contribution in [0, 0.1) is 5.82 Å². The average molecular weight is 330 g/mol.